The molecule has 0 spiro atoms. The smallest absolute Gasteiger partial charge is 0.191 e. The third-order valence-electron chi connectivity index (χ3n) is 5.12. The Labute approximate surface area is 185 Å². The number of nitrogens with zero attached hydrogens (tertiary/aromatic N) is 3. The van der Waals surface area contributed by atoms with E-state index >= 15 is 0 Å². The first-order chi connectivity index (χ1) is 13.1. The Bertz CT molecular complexity index is 715. The number of nitrogens with one attached hydrogen (secondary N) is 2. The van der Waals surface area contributed by atoms with Gasteiger partial charge in [0.25, 0.3) is 0 Å². The summed E-state index contributed by atoms with van der Waals surface area (Å²) in [5, 5.41) is 6.87. The van der Waals surface area contributed by atoms with Gasteiger partial charge in [-0.25, -0.2) is 8.42 Å². The Hall–Kier alpha value is -1.07. The third kappa shape index (κ3) is 7.07. The van der Waals surface area contributed by atoms with Crippen molar-refractivity contribution < 1.29 is 8.42 Å². The average Bonchev–Trinajstić information content (AvgIpc) is 3.12. The first kappa shape index (κ1) is 23.2. The van der Waals surface area contributed by atoms with Crippen molar-refractivity contribution in [3.05, 3.63) is 30.3 Å². The summed E-state index contributed by atoms with van der Waals surface area (Å²) in [5.74, 6) is 1.39. The molecule has 2 heterocycles. The molecule has 1 aromatic rings. The lowest BCUT2D eigenvalue weighted by Gasteiger charge is -2.26. The maximum atomic E-state index is 11.5. The average molecular weight is 521 g/mol. The maximum absolute atomic E-state index is 11.5. The van der Waals surface area contributed by atoms with Gasteiger partial charge in [-0.15, -0.1) is 24.0 Å². The summed E-state index contributed by atoms with van der Waals surface area (Å²) < 4.78 is 23.0. The summed E-state index contributed by atoms with van der Waals surface area (Å²) in [4.78, 5) is 9.27. The van der Waals surface area contributed by atoms with Crippen LogP contribution in [0.4, 0.5) is 5.69 Å². The van der Waals surface area contributed by atoms with E-state index in [2.05, 4.69) is 56.6 Å². The molecule has 0 amide bonds. The zero-order chi connectivity index (χ0) is 19.1. The van der Waals surface area contributed by atoms with Gasteiger partial charge >= 0.3 is 0 Å². The molecule has 0 aliphatic carbocycles. The largest absolute Gasteiger partial charge is 0.369 e. The van der Waals surface area contributed by atoms with Crippen LogP contribution in [0, 0.1) is 0 Å². The van der Waals surface area contributed by atoms with Crippen LogP contribution in [-0.4, -0.2) is 82.6 Å². The van der Waals surface area contributed by atoms with Crippen LogP contribution in [-0.2, 0) is 9.84 Å². The van der Waals surface area contributed by atoms with Crippen LogP contribution in [0.3, 0.4) is 0 Å². The van der Waals surface area contributed by atoms with Gasteiger partial charge in [0.2, 0.25) is 0 Å². The lowest BCUT2D eigenvalue weighted by atomic mass is 10.3. The van der Waals surface area contributed by atoms with Crippen LogP contribution in [0.1, 0.15) is 13.3 Å². The number of sulfone groups is 1. The van der Waals surface area contributed by atoms with Crippen LogP contribution in [0.15, 0.2) is 35.3 Å². The Balaban J connectivity index is 0.00000280. The first-order valence-electron chi connectivity index (χ1n) is 9.83. The molecule has 1 aromatic carbocycles. The fourth-order valence-corrected chi connectivity index (χ4v) is 4.82. The highest BCUT2D eigenvalue weighted by atomic mass is 127. The molecule has 1 atom stereocenters. The number of halogens is 1. The maximum Gasteiger partial charge on any atom is 0.191 e. The monoisotopic (exact) mass is 521 g/mol. The molecule has 2 N–H and O–H groups in total. The Morgan fingerprint density at radius 2 is 1.89 bits per heavy atom. The molecule has 9 heteroatoms. The molecule has 3 rings (SSSR count). The minimum absolute atomic E-state index is 0. The molecule has 28 heavy (non-hydrogen) atoms. The van der Waals surface area contributed by atoms with Crippen molar-refractivity contribution in [2.75, 3.05) is 62.2 Å². The van der Waals surface area contributed by atoms with Crippen molar-refractivity contribution in [1.29, 1.82) is 0 Å². The van der Waals surface area contributed by atoms with Gasteiger partial charge in [0.05, 0.1) is 18.1 Å². The molecule has 0 bridgehead atoms. The second-order valence-corrected chi connectivity index (χ2v) is 9.47. The van der Waals surface area contributed by atoms with Gasteiger partial charge < -0.3 is 15.5 Å². The van der Waals surface area contributed by atoms with Gasteiger partial charge in [-0.3, -0.25) is 9.89 Å². The Kier molecular flexibility index (Phi) is 9.29. The van der Waals surface area contributed by atoms with Crippen molar-refractivity contribution >= 4 is 45.5 Å². The van der Waals surface area contributed by atoms with Crippen molar-refractivity contribution in [3.8, 4) is 0 Å². The molecule has 158 valence electrons. The number of para-hydroxylation sites is 1. The normalized spacial score (nSPS) is 22.5. The zero-order valence-electron chi connectivity index (χ0n) is 16.5. The van der Waals surface area contributed by atoms with Gasteiger partial charge in [-0.05, 0) is 25.5 Å². The molecule has 0 saturated carbocycles. The topological polar surface area (TPSA) is 77.0 Å². The molecule has 0 radical (unpaired) electrons. The molecule has 7 nitrogen and oxygen atoms in total. The van der Waals surface area contributed by atoms with Crippen molar-refractivity contribution in [2.45, 2.75) is 19.4 Å². The van der Waals surface area contributed by atoms with E-state index in [1.54, 1.807) is 0 Å². The number of benzene rings is 1. The van der Waals surface area contributed by atoms with Crippen LogP contribution >= 0.6 is 24.0 Å². The SMILES string of the molecule is CCNC(=NCCN1CCS(=O)(=O)CC1)NC1CCN(c2ccccc2)C1.I. The molecular weight excluding hydrogens is 489 g/mol. The standard InChI is InChI=1S/C19H31N5O2S.HI/c1-2-20-19(21-9-11-23-12-14-27(25,26)15-13-23)22-17-8-10-24(16-17)18-6-4-3-5-7-18;/h3-7,17H,2,8-16H2,1H3,(H2,20,21,22);1H. The minimum atomic E-state index is -2.82. The van der Waals surface area contributed by atoms with Crippen LogP contribution in [0.2, 0.25) is 0 Å². The number of hydrogen-bond acceptors (Lipinski definition) is 5. The quantitative estimate of drug-likeness (QED) is 0.333. The van der Waals surface area contributed by atoms with E-state index in [0.717, 1.165) is 38.6 Å². The molecule has 1 unspecified atom stereocenters. The fraction of sp³-hybridized carbons (Fsp3) is 0.632. The van der Waals surface area contributed by atoms with Crippen molar-refractivity contribution in [2.24, 2.45) is 4.99 Å². The summed E-state index contributed by atoms with van der Waals surface area (Å²) >= 11 is 0. The summed E-state index contributed by atoms with van der Waals surface area (Å²) in [6.07, 6.45) is 1.09. The number of rotatable bonds is 6. The second-order valence-electron chi connectivity index (χ2n) is 7.17. The summed E-state index contributed by atoms with van der Waals surface area (Å²) in [7, 11) is -2.82. The predicted molar refractivity (Wildman–Crippen MR) is 127 cm³/mol. The molecular formula is C19H32IN5O2S. The van der Waals surface area contributed by atoms with E-state index < -0.39 is 9.84 Å². The van der Waals surface area contributed by atoms with E-state index in [-0.39, 0.29) is 35.5 Å². The van der Waals surface area contributed by atoms with E-state index in [0.29, 0.717) is 25.7 Å². The lowest BCUT2D eigenvalue weighted by Crippen LogP contribution is -2.45. The summed E-state index contributed by atoms with van der Waals surface area (Å²) in [6.45, 7) is 7.62. The zero-order valence-corrected chi connectivity index (χ0v) is 19.7. The molecule has 2 saturated heterocycles. The van der Waals surface area contributed by atoms with Crippen LogP contribution < -0.4 is 15.5 Å². The Morgan fingerprint density at radius 1 is 1.18 bits per heavy atom. The number of hydrogen-bond donors (Lipinski definition) is 2. The van der Waals surface area contributed by atoms with Gasteiger partial charge in [-0.1, -0.05) is 18.2 Å². The highest BCUT2D eigenvalue weighted by Gasteiger charge is 2.24. The van der Waals surface area contributed by atoms with Gasteiger partial charge in [-0.2, -0.15) is 0 Å². The van der Waals surface area contributed by atoms with E-state index in [9.17, 15) is 8.42 Å². The molecule has 0 aromatic heterocycles. The highest BCUT2D eigenvalue weighted by molar-refractivity contribution is 14.0. The predicted octanol–water partition coefficient (Wildman–Crippen LogP) is 1.17. The van der Waals surface area contributed by atoms with Crippen molar-refractivity contribution in [1.82, 2.24) is 15.5 Å². The lowest BCUT2D eigenvalue weighted by molar-refractivity contribution is 0.304. The third-order valence-corrected chi connectivity index (χ3v) is 6.73. The fourth-order valence-electron chi connectivity index (χ4n) is 3.54. The molecule has 2 aliphatic heterocycles. The number of guanidine groups is 1. The molecule has 2 fully saturated rings. The van der Waals surface area contributed by atoms with Gasteiger partial charge in [0, 0.05) is 51.0 Å². The van der Waals surface area contributed by atoms with E-state index in [4.69, 9.17) is 0 Å². The number of aliphatic imine (C=N–C) groups is 1. The first-order valence-corrected chi connectivity index (χ1v) is 11.7. The van der Waals surface area contributed by atoms with Crippen LogP contribution in [0.5, 0.6) is 0 Å². The van der Waals surface area contributed by atoms with E-state index in [1.807, 2.05) is 6.07 Å². The van der Waals surface area contributed by atoms with Crippen molar-refractivity contribution in [3.63, 3.8) is 0 Å². The Morgan fingerprint density at radius 3 is 2.57 bits per heavy atom. The van der Waals surface area contributed by atoms with Crippen LogP contribution in [0.25, 0.3) is 0 Å². The summed E-state index contributed by atoms with van der Waals surface area (Å²) in [5.41, 5.74) is 1.27. The summed E-state index contributed by atoms with van der Waals surface area (Å²) in [6, 6.07) is 10.9. The van der Waals surface area contributed by atoms with Gasteiger partial charge in [0.15, 0.2) is 15.8 Å². The van der Waals surface area contributed by atoms with E-state index in [1.165, 1.54) is 5.69 Å². The minimum Gasteiger partial charge on any atom is -0.369 e. The molecule has 2 aliphatic rings. The number of anilines is 1. The van der Waals surface area contributed by atoms with Gasteiger partial charge in [0.1, 0.15) is 0 Å². The second kappa shape index (κ2) is 11.2. The highest BCUT2D eigenvalue weighted by Crippen LogP contribution is 2.19.